The lowest BCUT2D eigenvalue weighted by atomic mass is 10.1. The van der Waals surface area contributed by atoms with Crippen LogP contribution in [-0.4, -0.2) is 36.5 Å². The molecule has 0 radical (unpaired) electrons. The molecule has 0 aromatic rings. The van der Waals surface area contributed by atoms with Crippen LogP contribution in [0, 0.1) is 0 Å². The molecule has 0 N–H and O–H groups in total. The van der Waals surface area contributed by atoms with Gasteiger partial charge in [0.25, 0.3) is 0 Å². The summed E-state index contributed by atoms with van der Waals surface area (Å²) < 4.78 is 1.29. The van der Waals surface area contributed by atoms with Gasteiger partial charge in [0.1, 0.15) is 0 Å². The molecule has 0 amide bonds. The van der Waals surface area contributed by atoms with Crippen molar-refractivity contribution in [3.05, 3.63) is 0 Å². The van der Waals surface area contributed by atoms with Crippen molar-refractivity contribution < 1.29 is 4.48 Å². The van der Waals surface area contributed by atoms with Crippen LogP contribution in [0.15, 0.2) is 0 Å². The first-order valence-corrected chi connectivity index (χ1v) is 8.69. The Balaban J connectivity index is 4.34. The summed E-state index contributed by atoms with van der Waals surface area (Å²) >= 11 is 6.07. The first-order valence-electron chi connectivity index (χ1n) is 8.15. The number of unbranched alkanes of at least 4 members (excludes halogenated alkanes) is 5. The van der Waals surface area contributed by atoms with E-state index in [-0.39, 0.29) is 0 Å². The van der Waals surface area contributed by atoms with E-state index in [2.05, 4.69) is 20.8 Å². The van der Waals surface area contributed by atoms with E-state index in [4.69, 9.17) is 11.6 Å². The molecule has 0 spiro atoms. The Morgan fingerprint density at radius 1 is 0.611 bits per heavy atom. The van der Waals surface area contributed by atoms with Crippen LogP contribution < -0.4 is 0 Å². The Morgan fingerprint density at radius 2 is 1.06 bits per heavy atom. The highest BCUT2D eigenvalue weighted by Gasteiger charge is 2.24. The maximum atomic E-state index is 6.07. The predicted molar refractivity (Wildman–Crippen MR) is 84.4 cm³/mol. The Kier molecular flexibility index (Phi) is 12.5. The first kappa shape index (κ1) is 18.2. The van der Waals surface area contributed by atoms with Crippen LogP contribution in [-0.2, 0) is 0 Å². The fourth-order valence-electron chi connectivity index (χ4n) is 2.74. The van der Waals surface area contributed by atoms with Gasteiger partial charge in [-0.1, -0.05) is 40.0 Å². The third-order valence-electron chi connectivity index (χ3n) is 4.02. The third kappa shape index (κ3) is 8.37. The maximum absolute atomic E-state index is 6.07. The SMILES string of the molecule is CCCCC[N+](CCCl)(CCCC)CCCCC. The molecule has 0 aromatic carbocycles. The minimum atomic E-state index is 0.821. The number of alkyl halides is 1. The molecule has 0 heterocycles. The van der Waals surface area contributed by atoms with Crippen LogP contribution in [0.4, 0.5) is 0 Å². The lowest BCUT2D eigenvalue weighted by molar-refractivity contribution is -0.926. The smallest absolute Gasteiger partial charge is 0.0924 e. The molecule has 0 aromatic heterocycles. The van der Waals surface area contributed by atoms with Gasteiger partial charge in [0.15, 0.2) is 0 Å². The van der Waals surface area contributed by atoms with Gasteiger partial charge in [-0.15, -0.1) is 11.6 Å². The average molecular weight is 277 g/mol. The van der Waals surface area contributed by atoms with E-state index in [1.807, 2.05) is 0 Å². The van der Waals surface area contributed by atoms with Crippen molar-refractivity contribution in [1.29, 1.82) is 0 Å². The summed E-state index contributed by atoms with van der Waals surface area (Å²) in [5.74, 6) is 0.821. The van der Waals surface area contributed by atoms with Gasteiger partial charge in [-0.3, -0.25) is 0 Å². The van der Waals surface area contributed by atoms with Gasteiger partial charge in [0.05, 0.1) is 32.1 Å². The molecule has 0 aliphatic heterocycles. The molecule has 0 bridgehead atoms. The number of quaternary nitrogens is 1. The summed E-state index contributed by atoms with van der Waals surface area (Å²) in [5.41, 5.74) is 0. The van der Waals surface area contributed by atoms with Crippen LogP contribution in [0.5, 0.6) is 0 Å². The molecule has 0 saturated heterocycles. The Bertz CT molecular complexity index is 160. The van der Waals surface area contributed by atoms with E-state index in [1.165, 1.54) is 82.0 Å². The molecule has 110 valence electrons. The molecular formula is C16H35ClN+. The number of halogens is 1. The normalized spacial score (nSPS) is 12.0. The molecule has 0 fully saturated rings. The second-order valence-electron chi connectivity index (χ2n) is 5.69. The predicted octanol–water partition coefficient (Wildman–Crippen LogP) is 5.22. The second kappa shape index (κ2) is 12.3. The summed E-state index contributed by atoms with van der Waals surface area (Å²) in [6.07, 6.45) is 10.8. The lowest BCUT2D eigenvalue weighted by Crippen LogP contribution is -2.51. The van der Waals surface area contributed by atoms with Gasteiger partial charge in [0, 0.05) is 0 Å². The largest absolute Gasteiger partial charge is 0.323 e. The molecule has 0 aliphatic rings. The van der Waals surface area contributed by atoms with E-state index in [9.17, 15) is 0 Å². The summed E-state index contributed by atoms with van der Waals surface area (Å²) in [6, 6.07) is 0. The molecule has 0 rings (SSSR count). The third-order valence-corrected chi connectivity index (χ3v) is 4.19. The Labute approximate surface area is 120 Å². The standard InChI is InChI=1S/C16H35ClN/c1-4-7-10-14-18(16-12-17,13-9-6-3)15-11-8-5-2/h4-16H2,1-3H3/q+1. The van der Waals surface area contributed by atoms with Crippen LogP contribution in [0.1, 0.15) is 72.1 Å². The van der Waals surface area contributed by atoms with E-state index < -0.39 is 0 Å². The highest BCUT2D eigenvalue weighted by molar-refractivity contribution is 6.17. The monoisotopic (exact) mass is 276 g/mol. The number of hydrogen-bond acceptors (Lipinski definition) is 0. The number of hydrogen-bond donors (Lipinski definition) is 0. The van der Waals surface area contributed by atoms with Crippen molar-refractivity contribution in [3.8, 4) is 0 Å². The zero-order valence-corrected chi connectivity index (χ0v) is 13.8. The van der Waals surface area contributed by atoms with E-state index in [0.717, 1.165) is 5.88 Å². The molecule has 0 aliphatic carbocycles. The van der Waals surface area contributed by atoms with Crippen molar-refractivity contribution in [2.45, 2.75) is 72.1 Å². The second-order valence-corrected chi connectivity index (χ2v) is 6.07. The summed E-state index contributed by atoms with van der Waals surface area (Å²) in [5, 5.41) is 0. The van der Waals surface area contributed by atoms with Gasteiger partial charge in [-0.05, 0) is 32.1 Å². The van der Waals surface area contributed by atoms with Crippen molar-refractivity contribution in [2.24, 2.45) is 0 Å². The highest BCUT2D eigenvalue weighted by atomic mass is 35.5. The Hall–Kier alpha value is 0.250. The van der Waals surface area contributed by atoms with Crippen molar-refractivity contribution in [3.63, 3.8) is 0 Å². The molecular weight excluding hydrogens is 242 g/mol. The first-order chi connectivity index (χ1) is 8.74. The van der Waals surface area contributed by atoms with Crippen LogP contribution in [0.25, 0.3) is 0 Å². The summed E-state index contributed by atoms with van der Waals surface area (Å²) in [6.45, 7) is 12.1. The van der Waals surface area contributed by atoms with Crippen molar-refractivity contribution >= 4 is 11.6 Å². The highest BCUT2D eigenvalue weighted by Crippen LogP contribution is 2.16. The zero-order valence-electron chi connectivity index (χ0n) is 13.0. The lowest BCUT2D eigenvalue weighted by Gasteiger charge is -2.39. The average Bonchev–Trinajstić information content (AvgIpc) is 2.37. The van der Waals surface area contributed by atoms with Crippen LogP contribution >= 0.6 is 11.6 Å². The van der Waals surface area contributed by atoms with E-state index in [0.29, 0.717) is 0 Å². The molecule has 1 nitrogen and oxygen atoms in total. The van der Waals surface area contributed by atoms with E-state index >= 15 is 0 Å². The Morgan fingerprint density at radius 3 is 1.44 bits per heavy atom. The van der Waals surface area contributed by atoms with Crippen LogP contribution in [0.2, 0.25) is 0 Å². The summed E-state index contributed by atoms with van der Waals surface area (Å²) in [7, 11) is 0. The van der Waals surface area contributed by atoms with Gasteiger partial charge in [0.2, 0.25) is 0 Å². The molecule has 0 unspecified atom stereocenters. The molecule has 2 heteroatoms. The van der Waals surface area contributed by atoms with Gasteiger partial charge >= 0.3 is 0 Å². The molecule has 0 saturated carbocycles. The molecule has 18 heavy (non-hydrogen) atoms. The fraction of sp³-hybridized carbons (Fsp3) is 1.00. The molecule has 0 atom stereocenters. The van der Waals surface area contributed by atoms with Gasteiger partial charge in [-0.25, -0.2) is 0 Å². The van der Waals surface area contributed by atoms with Crippen molar-refractivity contribution in [1.82, 2.24) is 0 Å². The van der Waals surface area contributed by atoms with Crippen LogP contribution in [0.3, 0.4) is 0 Å². The zero-order chi connectivity index (χ0) is 13.7. The minimum absolute atomic E-state index is 0.821. The maximum Gasteiger partial charge on any atom is 0.0924 e. The number of rotatable bonds is 13. The topological polar surface area (TPSA) is 0 Å². The van der Waals surface area contributed by atoms with Gasteiger partial charge in [-0.2, -0.15) is 0 Å². The number of nitrogens with zero attached hydrogens (tertiary/aromatic N) is 1. The summed E-state index contributed by atoms with van der Waals surface area (Å²) in [4.78, 5) is 0. The minimum Gasteiger partial charge on any atom is -0.323 e. The van der Waals surface area contributed by atoms with E-state index in [1.54, 1.807) is 0 Å². The quantitative estimate of drug-likeness (QED) is 0.246. The fourth-order valence-corrected chi connectivity index (χ4v) is 3.10. The van der Waals surface area contributed by atoms with Crippen molar-refractivity contribution in [2.75, 3.05) is 32.1 Å². The van der Waals surface area contributed by atoms with Gasteiger partial charge < -0.3 is 4.48 Å².